The zero-order valence-electron chi connectivity index (χ0n) is 11.7. The van der Waals surface area contributed by atoms with Crippen molar-refractivity contribution in [3.05, 3.63) is 23.8 Å². The highest BCUT2D eigenvalue weighted by molar-refractivity contribution is 5.79. The van der Waals surface area contributed by atoms with Crippen LogP contribution in [-0.4, -0.2) is 38.4 Å². The van der Waals surface area contributed by atoms with Crippen LogP contribution in [0.5, 0.6) is 11.5 Å². The fraction of sp³-hybridized carbons (Fsp3) is 0.429. The molecule has 1 N–H and O–H groups in total. The van der Waals surface area contributed by atoms with Crippen molar-refractivity contribution < 1.29 is 28.9 Å². The Morgan fingerprint density at radius 1 is 1.15 bits per heavy atom. The number of aliphatic carboxylic acids is 1. The summed E-state index contributed by atoms with van der Waals surface area (Å²) in [4.78, 5) is 22.4. The van der Waals surface area contributed by atoms with Crippen LogP contribution in [0.4, 0.5) is 0 Å². The zero-order chi connectivity index (χ0) is 15.1. The molecule has 1 aromatic carbocycles. The lowest BCUT2D eigenvalue weighted by molar-refractivity contribution is -0.149. The predicted octanol–water partition coefficient (Wildman–Crippen LogP) is 1.51. The Morgan fingerprint density at radius 2 is 1.80 bits per heavy atom. The van der Waals surface area contributed by atoms with E-state index < -0.39 is 17.9 Å². The SMILES string of the molecule is COC(=O)CC(Cc1ccc(OC)c(OC)c1)C(=O)O. The smallest absolute Gasteiger partial charge is 0.307 e. The van der Waals surface area contributed by atoms with E-state index in [1.54, 1.807) is 18.2 Å². The molecule has 0 bridgehead atoms. The first-order chi connectivity index (χ1) is 9.51. The van der Waals surface area contributed by atoms with Crippen molar-refractivity contribution in [2.75, 3.05) is 21.3 Å². The molecule has 1 aromatic rings. The number of carboxylic acids is 1. The normalized spacial score (nSPS) is 11.6. The minimum atomic E-state index is -1.04. The first kappa shape index (κ1) is 15.8. The van der Waals surface area contributed by atoms with E-state index in [4.69, 9.17) is 14.6 Å². The fourth-order valence-electron chi connectivity index (χ4n) is 1.82. The van der Waals surface area contributed by atoms with E-state index in [0.29, 0.717) is 11.5 Å². The molecule has 0 fully saturated rings. The summed E-state index contributed by atoms with van der Waals surface area (Å²) in [6, 6.07) is 5.14. The van der Waals surface area contributed by atoms with E-state index in [9.17, 15) is 9.59 Å². The molecule has 0 spiro atoms. The topological polar surface area (TPSA) is 82.1 Å². The lowest BCUT2D eigenvalue weighted by Crippen LogP contribution is -2.21. The van der Waals surface area contributed by atoms with Gasteiger partial charge in [-0.05, 0) is 24.1 Å². The molecule has 0 saturated heterocycles. The third-order valence-corrected chi connectivity index (χ3v) is 2.92. The molecule has 0 amide bonds. The van der Waals surface area contributed by atoms with Crippen molar-refractivity contribution >= 4 is 11.9 Å². The standard InChI is InChI=1S/C14H18O6/c1-18-11-5-4-9(7-12(11)19-2)6-10(14(16)17)8-13(15)20-3/h4-5,7,10H,6,8H2,1-3H3,(H,16,17). The monoisotopic (exact) mass is 282 g/mol. The molecule has 0 radical (unpaired) electrons. The minimum Gasteiger partial charge on any atom is -0.493 e. The number of carbonyl (C=O) groups excluding carboxylic acids is 1. The first-order valence-electron chi connectivity index (χ1n) is 6.02. The predicted molar refractivity (Wildman–Crippen MR) is 71.0 cm³/mol. The summed E-state index contributed by atoms with van der Waals surface area (Å²) in [5, 5.41) is 9.14. The van der Waals surface area contributed by atoms with Crippen molar-refractivity contribution in [2.24, 2.45) is 5.92 Å². The molecule has 6 heteroatoms. The van der Waals surface area contributed by atoms with E-state index in [-0.39, 0.29) is 12.8 Å². The number of hydrogen-bond donors (Lipinski definition) is 1. The summed E-state index contributed by atoms with van der Waals surface area (Å²) in [6.45, 7) is 0. The van der Waals surface area contributed by atoms with Crippen LogP contribution in [0.25, 0.3) is 0 Å². The quantitative estimate of drug-likeness (QED) is 0.763. The molecule has 0 heterocycles. The second-order valence-electron chi connectivity index (χ2n) is 4.21. The van der Waals surface area contributed by atoms with Gasteiger partial charge in [0.15, 0.2) is 11.5 Å². The van der Waals surface area contributed by atoms with E-state index in [1.807, 2.05) is 0 Å². The Hall–Kier alpha value is -2.24. The summed E-state index contributed by atoms with van der Waals surface area (Å²) in [6.07, 6.45) is 0.0466. The summed E-state index contributed by atoms with van der Waals surface area (Å²) in [5.74, 6) is -1.33. The van der Waals surface area contributed by atoms with Crippen LogP contribution in [0, 0.1) is 5.92 Å². The van der Waals surface area contributed by atoms with Gasteiger partial charge in [-0.15, -0.1) is 0 Å². The first-order valence-corrected chi connectivity index (χ1v) is 6.02. The summed E-state index contributed by atoms with van der Waals surface area (Å²) in [7, 11) is 4.26. The van der Waals surface area contributed by atoms with Gasteiger partial charge in [-0.1, -0.05) is 6.07 Å². The number of carboxylic acid groups (broad SMARTS) is 1. The van der Waals surface area contributed by atoms with Crippen LogP contribution >= 0.6 is 0 Å². The van der Waals surface area contributed by atoms with Crippen LogP contribution in [-0.2, 0) is 20.7 Å². The Morgan fingerprint density at radius 3 is 2.30 bits per heavy atom. The molecule has 110 valence electrons. The molecule has 1 unspecified atom stereocenters. The second-order valence-corrected chi connectivity index (χ2v) is 4.21. The van der Waals surface area contributed by atoms with Gasteiger partial charge in [0.1, 0.15) is 0 Å². The van der Waals surface area contributed by atoms with E-state index in [2.05, 4.69) is 4.74 Å². The van der Waals surface area contributed by atoms with Crippen LogP contribution < -0.4 is 9.47 Å². The molecule has 0 aliphatic heterocycles. The zero-order valence-corrected chi connectivity index (χ0v) is 11.7. The number of carbonyl (C=O) groups is 2. The van der Waals surface area contributed by atoms with Gasteiger partial charge >= 0.3 is 11.9 Å². The van der Waals surface area contributed by atoms with Gasteiger partial charge in [0.25, 0.3) is 0 Å². The number of rotatable bonds is 7. The summed E-state index contributed by atoms with van der Waals surface area (Å²) < 4.78 is 14.8. The molecular weight excluding hydrogens is 264 g/mol. The van der Waals surface area contributed by atoms with Crippen molar-refractivity contribution in [3.8, 4) is 11.5 Å². The van der Waals surface area contributed by atoms with E-state index in [0.717, 1.165) is 5.56 Å². The highest BCUT2D eigenvalue weighted by atomic mass is 16.5. The van der Waals surface area contributed by atoms with E-state index in [1.165, 1.54) is 21.3 Å². The summed E-state index contributed by atoms with van der Waals surface area (Å²) in [5.41, 5.74) is 0.749. The molecule has 0 aromatic heterocycles. The average Bonchev–Trinajstić information content (AvgIpc) is 2.45. The van der Waals surface area contributed by atoms with Gasteiger partial charge in [-0.25, -0.2) is 0 Å². The largest absolute Gasteiger partial charge is 0.493 e. The molecule has 6 nitrogen and oxygen atoms in total. The van der Waals surface area contributed by atoms with Crippen LogP contribution in [0.1, 0.15) is 12.0 Å². The number of methoxy groups -OCH3 is 3. The maximum atomic E-state index is 11.2. The molecule has 1 atom stereocenters. The maximum Gasteiger partial charge on any atom is 0.307 e. The highest BCUT2D eigenvalue weighted by Gasteiger charge is 2.22. The Labute approximate surface area is 117 Å². The van der Waals surface area contributed by atoms with Gasteiger partial charge in [0, 0.05) is 0 Å². The van der Waals surface area contributed by atoms with E-state index >= 15 is 0 Å². The maximum absolute atomic E-state index is 11.2. The van der Waals surface area contributed by atoms with Crippen molar-refractivity contribution in [1.82, 2.24) is 0 Å². The number of hydrogen-bond acceptors (Lipinski definition) is 5. The minimum absolute atomic E-state index is 0.166. The van der Waals surface area contributed by atoms with Crippen LogP contribution in [0.15, 0.2) is 18.2 Å². The molecule has 0 saturated carbocycles. The Kier molecular flexibility index (Phi) is 5.83. The van der Waals surface area contributed by atoms with Gasteiger partial charge in [-0.3, -0.25) is 9.59 Å². The fourth-order valence-corrected chi connectivity index (χ4v) is 1.82. The van der Waals surface area contributed by atoms with Gasteiger partial charge < -0.3 is 19.3 Å². The van der Waals surface area contributed by atoms with Gasteiger partial charge in [-0.2, -0.15) is 0 Å². The van der Waals surface area contributed by atoms with Gasteiger partial charge in [0.2, 0.25) is 0 Å². The lowest BCUT2D eigenvalue weighted by atomic mass is 9.96. The molecule has 0 aliphatic rings. The van der Waals surface area contributed by atoms with Crippen LogP contribution in [0.2, 0.25) is 0 Å². The Bertz CT molecular complexity index is 483. The number of ether oxygens (including phenoxy) is 3. The molecular formula is C14H18O6. The van der Waals surface area contributed by atoms with Crippen molar-refractivity contribution in [1.29, 1.82) is 0 Å². The van der Waals surface area contributed by atoms with Crippen molar-refractivity contribution in [2.45, 2.75) is 12.8 Å². The number of esters is 1. The molecule has 20 heavy (non-hydrogen) atoms. The lowest BCUT2D eigenvalue weighted by Gasteiger charge is -2.13. The third-order valence-electron chi connectivity index (χ3n) is 2.92. The summed E-state index contributed by atoms with van der Waals surface area (Å²) >= 11 is 0. The third kappa shape index (κ3) is 4.15. The average molecular weight is 282 g/mol. The highest BCUT2D eigenvalue weighted by Crippen LogP contribution is 2.28. The second kappa shape index (κ2) is 7.37. The Balaban J connectivity index is 2.88. The van der Waals surface area contributed by atoms with Crippen molar-refractivity contribution in [3.63, 3.8) is 0 Å². The van der Waals surface area contributed by atoms with Crippen LogP contribution in [0.3, 0.4) is 0 Å². The molecule has 0 aliphatic carbocycles. The number of benzene rings is 1. The van der Waals surface area contributed by atoms with Gasteiger partial charge in [0.05, 0.1) is 33.7 Å². The molecule has 1 rings (SSSR count).